The summed E-state index contributed by atoms with van der Waals surface area (Å²) in [6.45, 7) is 0. The summed E-state index contributed by atoms with van der Waals surface area (Å²) >= 11 is 5.98. The molecule has 0 unspecified atom stereocenters. The first-order valence-corrected chi connectivity index (χ1v) is 5.39. The highest BCUT2D eigenvalue weighted by atomic mass is 35.5. The molecule has 0 spiro atoms. The van der Waals surface area contributed by atoms with Gasteiger partial charge in [0.05, 0.1) is 11.2 Å². The molecule has 2 heterocycles. The number of H-pyrrole nitrogens is 1. The summed E-state index contributed by atoms with van der Waals surface area (Å²) in [7, 11) is 1.92. The number of fused-ring (bicyclic) bond motifs is 1. The van der Waals surface area contributed by atoms with Crippen LogP contribution in [0.2, 0.25) is 5.02 Å². The molecule has 16 heavy (non-hydrogen) atoms. The number of benzene rings is 1. The summed E-state index contributed by atoms with van der Waals surface area (Å²) < 4.78 is 1.84. The Morgan fingerprint density at radius 3 is 2.94 bits per heavy atom. The number of aromatic amines is 1. The van der Waals surface area contributed by atoms with Gasteiger partial charge in [-0.15, -0.1) is 0 Å². The molecule has 80 valence electrons. The van der Waals surface area contributed by atoms with Gasteiger partial charge in [0.1, 0.15) is 5.69 Å². The number of aryl methyl sites for hydroxylation is 1. The quantitative estimate of drug-likeness (QED) is 0.686. The normalized spacial score (nSPS) is 11.1. The van der Waals surface area contributed by atoms with Crippen LogP contribution in [-0.4, -0.2) is 14.8 Å². The fourth-order valence-electron chi connectivity index (χ4n) is 1.91. The van der Waals surface area contributed by atoms with E-state index in [1.807, 2.05) is 48.3 Å². The van der Waals surface area contributed by atoms with Crippen molar-refractivity contribution in [2.24, 2.45) is 7.05 Å². The number of nitrogens with one attached hydrogen (secondary N) is 1. The van der Waals surface area contributed by atoms with Gasteiger partial charge in [0.2, 0.25) is 0 Å². The second-order valence-corrected chi connectivity index (χ2v) is 4.15. The first-order chi connectivity index (χ1) is 7.75. The minimum absolute atomic E-state index is 0.730. The molecule has 0 fully saturated rings. The van der Waals surface area contributed by atoms with Crippen molar-refractivity contribution in [3.63, 3.8) is 0 Å². The molecule has 0 aliphatic rings. The van der Waals surface area contributed by atoms with E-state index >= 15 is 0 Å². The van der Waals surface area contributed by atoms with Gasteiger partial charge in [-0.3, -0.25) is 4.68 Å². The van der Waals surface area contributed by atoms with E-state index in [0.717, 1.165) is 27.3 Å². The molecule has 1 N–H and O–H groups in total. The lowest BCUT2D eigenvalue weighted by atomic mass is 10.2. The first-order valence-electron chi connectivity index (χ1n) is 5.02. The molecule has 0 aliphatic heterocycles. The maximum absolute atomic E-state index is 5.98. The van der Waals surface area contributed by atoms with Crippen LogP contribution in [0.5, 0.6) is 0 Å². The number of halogens is 1. The molecular weight excluding hydrogens is 222 g/mol. The molecule has 0 aliphatic carbocycles. The van der Waals surface area contributed by atoms with E-state index in [-0.39, 0.29) is 0 Å². The highest BCUT2D eigenvalue weighted by molar-refractivity contribution is 6.31. The minimum Gasteiger partial charge on any atom is -0.360 e. The van der Waals surface area contributed by atoms with Gasteiger partial charge in [-0.2, -0.15) is 5.10 Å². The first kappa shape index (κ1) is 9.48. The Morgan fingerprint density at radius 2 is 2.19 bits per heavy atom. The van der Waals surface area contributed by atoms with Crippen molar-refractivity contribution >= 4 is 22.5 Å². The molecular formula is C12H10ClN3. The molecule has 4 heteroatoms. The average molecular weight is 232 g/mol. The largest absolute Gasteiger partial charge is 0.360 e. The number of hydrogen-bond acceptors (Lipinski definition) is 1. The Hall–Kier alpha value is -1.74. The zero-order valence-electron chi connectivity index (χ0n) is 8.74. The van der Waals surface area contributed by atoms with Crippen LogP contribution >= 0.6 is 11.6 Å². The van der Waals surface area contributed by atoms with Gasteiger partial charge in [-0.1, -0.05) is 11.6 Å². The fraction of sp³-hybridized carbons (Fsp3) is 0.0833. The van der Waals surface area contributed by atoms with E-state index in [1.165, 1.54) is 0 Å². The SMILES string of the molecule is Cn1nc(-c2ccc[nH]2)c2ccc(Cl)cc21. The highest BCUT2D eigenvalue weighted by Gasteiger charge is 2.10. The van der Waals surface area contributed by atoms with Crippen LogP contribution in [0.25, 0.3) is 22.3 Å². The standard InChI is InChI=1S/C12H10ClN3/c1-16-11-7-8(13)4-5-9(11)12(15-16)10-3-2-6-14-10/h2-7,14H,1H3. The van der Waals surface area contributed by atoms with Gasteiger partial charge in [-0.05, 0) is 30.3 Å². The summed E-state index contributed by atoms with van der Waals surface area (Å²) in [6.07, 6.45) is 1.89. The number of hydrogen-bond donors (Lipinski definition) is 1. The average Bonchev–Trinajstić information content (AvgIpc) is 2.87. The lowest BCUT2D eigenvalue weighted by Crippen LogP contribution is -1.89. The van der Waals surface area contributed by atoms with Crippen molar-refractivity contribution in [2.75, 3.05) is 0 Å². The molecule has 0 saturated carbocycles. The molecule has 0 radical (unpaired) electrons. The second kappa shape index (κ2) is 3.39. The van der Waals surface area contributed by atoms with Gasteiger partial charge in [-0.25, -0.2) is 0 Å². The Bertz CT molecular complexity index is 638. The van der Waals surface area contributed by atoms with E-state index < -0.39 is 0 Å². The third-order valence-electron chi connectivity index (χ3n) is 2.67. The molecule has 0 atom stereocenters. The van der Waals surface area contributed by atoms with Crippen molar-refractivity contribution in [1.29, 1.82) is 0 Å². The Balaban J connectivity index is 2.35. The summed E-state index contributed by atoms with van der Waals surface area (Å²) in [6, 6.07) is 9.79. The highest BCUT2D eigenvalue weighted by Crippen LogP contribution is 2.28. The molecule has 0 bridgehead atoms. The maximum Gasteiger partial charge on any atom is 0.116 e. The van der Waals surface area contributed by atoms with Crippen molar-refractivity contribution in [3.05, 3.63) is 41.6 Å². The molecule has 0 saturated heterocycles. The third kappa shape index (κ3) is 1.32. The lowest BCUT2D eigenvalue weighted by molar-refractivity contribution is 0.799. The topological polar surface area (TPSA) is 33.6 Å². The number of nitrogens with zero attached hydrogens (tertiary/aromatic N) is 2. The molecule has 0 amide bonds. The van der Waals surface area contributed by atoms with E-state index in [4.69, 9.17) is 11.6 Å². The van der Waals surface area contributed by atoms with Crippen molar-refractivity contribution in [1.82, 2.24) is 14.8 Å². The van der Waals surface area contributed by atoms with Gasteiger partial charge in [0, 0.05) is 23.7 Å². The summed E-state index contributed by atoms with van der Waals surface area (Å²) in [5.74, 6) is 0. The van der Waals surface area contributed by atoms with E-state index in [2.05, 4.69) is 10.1 Å². The zero-order valence-corrected chi connectivity index (χ0v) is 9.49. The second-order valence-electron chi connectivity index (χ2n) is 3.72. The van der Waals surface area contributed by atoms with Crippen molar-refractivity contribution in [3.8, 4) is 11.4 Å². The van der Waals surface area contributed by atoms with Crippen molar-refractivity contribution in [2.45, 2.75) is 0 Å². The maximum atomic E-state index is 5.98. The van der Waals surface area contributed by atoms with Crippen LogP contribution in [0.4, 0.5) is 0 Å². The lowest BCUT2D eigenvalue weighted by Gasteiger charge is -1.94. The Labute approximate surface area is 97.7 Å². The summed E-state index contributed by atoms with van der Waals surface area (Å²) in [5, 5.41) is 6.34. The van der Waals surface area contributed by atoms with E-state index in [1.54, 1.807) is 0 Å². The van der Waals surface area contributed by atoms with Gasteiger partial charge in [0.15, 0.2) is 0 Å². The van der Waals surface area contributed by atoms with Gasteiger partial charge < -0.3 is 4.98 Å². The summed E-state index contributed by atoms with van der Waals surface area (Å²) in [5.41, 5.74) is 3.02. The van der Waals surface area contributed by atoms with E-state index in [9.17, 15) is 0 Å². The fourth-order valence-corrected chi connectivity index (χ4v) is 2.07. The summed E-state index contributed by atoms with van der Waals surface area (Å²) in [4.78, 5) is 3.16. The number of rotatable bonds is 1. The van der Waals surface area contributed by atoms with Crippen LogP contribution in [0.3, 0.4) is 0 Å². The van der Waals surface area contributed by atoms with Crippen LogP contribution in [-0.2, 0) is 7.05 Å². The Kier molecular flexibility index (Phi) is 2.01. The zero-order chi connectivity index (χ0) is 11.1. The third-order valence-corrected chi connectivity index (χ3v) is 2.90. The predicted molar refractivity (Wildman–Crippen MR) is 65.5 cm³/mol. The van der Waals surface area contributed by atoms with E-state index in [0.29, 0.717) is 0 Å². The van der Waals surface area contributed by atoms with Gasteiger partial charge >= 0.3 is 0 Å². The minimum atomic E-state index is 0.730. The molecule has 1 aromatic carbocycles. The van der Waals surface area contributed by atoms with Crippen LogP contribution < -0.4 is 0 Å². The van der Waals surface area contributed by atoms with Crippen LogP contribution in [0.1, 0.15) is 0 Å². The molecule has 3 nitrogen and oxygen atoms in total. The Morgan fingerprint density at radius 1 is 1.31 bits per heavy atom. The van der Waals surface area contributed by atoms with Gasteiger partial charge in [0.25, 0.3) is 0 Å². The molecule has 3 aromatic rings. The van der Waals surface area contributed by atoms with Crippen LogP contribution in [0, 0.1) is 0 Å². The predicted octanol–water partition coefficient (Wildman–Crippen LogP) is 3.22. The number of aromatic nitrogens is 3. The monoisotopic (exact) mass is 231 g/mol. The van der Waals surface area contributed by atoms with Crippen molar-refractivity contribution < 1.29 is 0 Å². The molecule has 2 aromatic heterocycles. The molecule has 3 rings (SSSR count). The van der Waals surface area contributed by atoms with Crippen LogP contribution in [0.15, 0.2) is 36.5 Å². The smallest absolute Gasteiger partial charge is 0.116 e.